The van der Waals surface area contributed by atoms with Crippen molar-refractivity contribution in [2.45, 2.75) is 19.4 Å². The van der Waals surface area contributed by atoms with Crippen LogP contribution in [0, 0.1) is 5.41 Å². The Bertz CT molecular complexity index is 254. The maximum atomic E-state index is 9.05. The minimum atomic E-state index is 0.194. The zero-order valence-electron chi connectivity index (χ0n) is 7.58. The second-order valence-corrected chi connectivity index (χ2v) is 3.84. The molecule has 0 spiro atoms. The summed E-state index contributed by atoms with van der Waals surface area (Å²) in [5, 5.41) is 12.4. The Hall–Kier alpha value is -0.870. The zero-order chi connectivity index (χ0) is 9.15. The van der Waals surface area contributed by atoms with E-state index in [1.54, 1.807) is 6.33 Å². The van der Waals surface area contributed by atoms with Crippen molar-refractivity contribution >= 4 is 0 Å². The molecule has 1 fully saturated rings. The van der Waals surface area contributed by atoms with E-state index < -0.39 is 0 Å². The van der Waals surface area contributed by atoms with E-state index in [9.17, 15) is 0 Å². The number of hydrogen-bond acceptors (Lipinski definition) is 3. The summed E-state index contributed by atoms with van der Waals surface area (Å²) in [6.45, 7) is 2.02. The first-order valence-corrected chi connectivity index (χ1v) is 4.63. The monoisotopic (exact) mass is 181 g/mol. The number of aromatic amines is 1. The van der Waals surface area contributed by atoms with Crippen LogP contribution in [0.25, 0.3) is 0 Å². The summed E-state index contributed by atoms with van der Waals surface area (Å²) in [6.07, 6.45) is 5.79. The third-order valence-corrected chi connectivity index (χ3v) is 2.66. The zero-order valence-corrected chi connectivity index (χ0v) is 7.58. The molecular weight excluding hydrogens is 166 g/mol. The van der Waals surface area contributed by atoms with Gasteiger partial charge in [-0.15, -0.1) is 0 Å². The standard InChI is InChI=1S/C9H15N3O/c13-6-9(1-2-9)5-10-3-8-4-11-7-12-8/h4,7,10,13H,1-3,5-6H2,(H,11,12). The van der Waals surface area contributed by atoms with Gasteiger partial charge in [0.2, 0.25) is 0 Å². The van der Waals surface area contributed by atoms with Crippen molar-refractivity contribution in [3.63, 3.8) is 0 Å². The number of aromatic nitrogens is 2. The van der Waals surface area contributed by atoms with Crippen LogP contribution in [0.5, 0.6) is 0 Å². The molecule has 0 bridgehead atoms. The number of aliphatic hydroxyl groups is 1. The Morgan fingerprint density at radius 3 is 3.00 bits per heavy atom. The van der Waals surface area contributed by atoms with Crippen molar-refractivity contribution in [2.24, 2.45) is 5.41 Å². The van der Waals surface area contributed by atoms with Gasteiger partial charge in [0, 0.05) is 37.0 Å². The van der Waals surface area contributed by atoms with E-state index in [1.807, 2.05) is 6.20 Å². The van der Waals surface area contributed by atoms with Crippen molar-refractivity contribution in [2.75, 3.05) is 13.2 Å². The van der Waals surface area contributed by atoms with Crippen LogP contribution in [-0.2, 0) is 6.54 Å². The fraction of sp³-hybridized carbons (Fsp3) is 0.667. The topological polar surface area (TPSA) is 60.9 Å². The van der Waals surface area contributed by atoms with Gasteiger partial charge in [-0.05, 0) is 12.8 Å². The quantitative estimate of drug-likeness (QED) is 0.611. The lowest BCUT2D eigenvalue weighted by Crippen LogP contribution is -2.26. The van der Waals surface area contributed by atoms with Crippen molar-refractivity contribution in [1.82, 2.24) is 15.3 Å². The number of aliphatic hydroxyl groups excluding tert-OH is 1. The molecule has 1 aliphatic rings. The van der Waals surface area contributed by atoms with Crippen molar-refractivity contribution < 1.29 is 5.11 Å². The lowest BCUT2D eigenvalue weighted by molar-refractivity contribution is 0.207. The number of imidazole rings is 1. The molecule has 1 aliphatic carbocycles. The molecule has 4 heteroatoms. The third kappa shape index (κ3) is 2.08. The molecule has 1 heterocycles. The van der Waals surface area contributed by atoms with E-state index >= 15 is 0 Å². The van der Waals surface area contributed by atoms with Gasteiger partial charge in [0.25, 0.3) is 0 Å². The normalized spacial score (nSPS) is 18.8. The van der Waals surface area contributed by atoms with E-state index in [0.717, 1.165) is 31.6 Å². The van der Waals surface area contributed by atoms with E-state index in [1.165, 1.54) is 0 Å². The summed E-state index contributed by atoms with van der Waals surface area (Å²) in [5.41, 5.74) is 1.29. The van der Waals surface area contributed by atoms with Gasteiger partial charge in [0.05, 0.1) is 6.33 Å². The first kappa shape index (κ1) is 8.72. The fourth-order valence-electron chi connectivity index (χ4n) is 1.41. The first-order chi connectivity index (χ1) is 6.35. The summed E-state index contributed by atoms with van der Waals surface area (Å²) in [5.74, 6) is 0. The number of nitrogens with one attached hydrogen (secondary N) is 2. The third-order valence-electron chi connectivity index (χ3n) is 2.66. The minimum Gasteiger partial charge on any atom is -0.396 e. The first-order valence-electron chi connectivity index (χ1n) is 4.63. The highest BCUT2D eigenvalue weighted by Crippen LogP contribution is 2.44. The van der Waals surface area contributed by atoms with Gasteiger partial charge in [0.15, 0.2) is 0 Å². The largest absolute Gasteiger partial charge is 0.396 e. The minimum absolute atomic E-state index is 0.194. The molecule has 0 aromatic carbocycles. The van der Waals surface area contributed by atoms with E-state index in [0.29, 0.717) is 6.61 Å². The second kappa shape index (κ2) is 3.47. The highest BCUT2D eigenvalue weighted by Gasteiger charge is 2.41. The van der Waals surface area contributed by atoms with Gasteiger partial charge in [-0.3, -0.25) is 0 Å². The Morgan fingerprint density at radius 1 is 1.62 bits per heavy atom. The molecule has 1 aromatic heterocycles. The van der Waals surface area contributed by atoms with Crippen LogP contribution in [-0.4, -0.2) is 28.2 Å². The lowest BCUT2D eigenvalue weighted by atomic mass is 10.1. The maximum Gasteiger partial charge on any atom is 0.0922 e. The van der Waals surface area contributed by atoms with E-state index in [4.69, 9.17) is 5.11 Å². The molecule has 3 N–H and O–H groups in total. The van der Waals surface area contributed by atoms with Crippen LogP contribution < -0.4 is 5.32 Å². The van der Waals surface area contributed by atoms with Crippen molar-refractivity contribution in [3.05, 3.63) is 18.2 Å². The highest BCUT2D eigenvalue weighted by molar-refractivity contribution is 4.97. The molecule has 1 saturated carbocycles. The predicted octanol–water partition coefficient (Wildman–Crippen LogP) is 0.272. The van der Waals surface area contributed by atoms with Crippen LogP contribution in [0.4, 0.5) is 0 Å². The van der Waals surface area contributed by atoms with Crippen LogP contribution >= 0.6 is 0 Å². The van der Waals surface area contributed by atoms with Crippen LogP contribution in [0.15, 0.2) is 12.5 Å². The summed E-state index contributed by atoms with van der Waals surface area (Å²) in [4.78, 5) is 6.95. The second-order valence-electron chi connectivity index (χ2n) is 3.84. The smallest absolute Gasteiger partial charge is 0.0922 e. The molecule has 0 atom stereocenters. The van der Waals surface area contributed by atoms with Gasteiger partial charge in [-0.1, -0.05) is 0 Å². The van der Waals surface area contributed by atoms with Crippen LogP contribution in [0.3, 0.4) is 0 Å². The van der Waals surface area contributed by atoms with E-state index in [-0.39, 0.29) is 5.41 Å². The Morgan fingerprint density at radius 2 is 2.46 bits per heavy atom. The highest BCUT2D eigenvalue weighted by atomic mass is 16.3. The average molecular weight is 181 g/mol. The van der Waals surface area contributed by atoms with E-state index in [2.05, 4.69) is 15.3 Å². The van der Waals surface area contributed by atoms with Crippen molar-refractivity contribution in [1.29, 1.82) is 0 Å². The van der Waals surface area contributed by atoms with Gasteiger partial charge in [0.1, 0.15) is 0 Å². The van der Waals surface area contributed by atoms with Gasteiger partial charge in [-0.2, -0.15) is 0 Å². The van der Waals surface area contributed by atoms with Crippen LogP contribution in [0.1, 0.15) is 18.5 Å². The fourth-order valence-corrected chi connectivity index (χ4v) is 1.41. The predicted molar refractivity (Wildman–Crippen MR) is 49.0 cm³/mol. The molecule has 0 radical (unpaired) electrons. The lowest BCUT2D eigenvalue weighted by Gasteiger charge is -2.11. The van der Waals surface area contributed by atoms with Crippen molar-refractivity contribution in [3.8, 4) is 0 Å². The molecule has 1 aromatic rings. The summed E-state index contributed by atoms with van der Waals surface area (Å²) < 4.78 is 0. The molecule has 13 heavy (non-hydrogen) atoms. The van der Waals surface area contributed by atoms with Gasteiger partial charge < -0.3 is 15.4 Å². The average Bonchev–Trinajstić information content (AvgIpc) is 2.74. The molecule has 4 nitrogen and oxygen atoms in total. The maximum absolute atomic E-state index is 9.05. The number of nitrogens with zero attached hydrogens (tertiary/aromatic N) is 1. The van der Waals surface area contributed by atoms with Crippen LogP contribution in [0.2, 0.25) is 0 Å². The number of H-pyrrole nitrogens is 1. The Balaban J connectivity index is 1.70. The number of hydrogen-bond donors (Lipinski definition) is 3. The molecular formula is C9H15N3O. The molecule has 0 unspecified atom stereocenters. The molecule has 72 valence electrons. The molecule has 0 amide bonds. The SMILES string of the molecule is OCC1(CNCc2cnc[nH]2)CC1. The summed E-state index contributed by atoms with van der Waals surface area (Å²) >= 11 is 0. The number of rotatable bonds is 5. The Labute approximate surface area is 77.4 Å². The molecule has 0 aliphatic heterocycles. The molecule has 0 saturated heterocycles. The summed E-state index contributed by atoms with van der Waals surface area (Å²) in [7, 11) is 0. The van der Waals surface area contributed by atoms with Gasteiger partial charge in [-0.25, -0.2) is 4.98 Å². The Kier molecular flexibility index (Phi) is 2.33. The summed E-state index contributed by atoms with van der Waals surface area (Å²) in [6, 6.07) is 0. The molecule has 2 rings (SSSR count). The van der Waals surface area contributed by atoms with Gasteiger partial charge >= 0.3 is 0 Å².